The van der Waals surface area contributed by atoms with Crippen LogP contribution >= 0.6 is 0 Å². The first-order chi connectivity index (χ1) is 7.27. The smallest absolute Gasteiger partial charge is 0.404 e. The van der Waals surface area contributed by atoms with Crippen molar-refractivity contribution in [2.75, 3.05) is 39.9 Å². The molecule has 0 unspecified atom stereocenters. The van der Waals surface area contributed by atoms with E-state index in [1.807, 2.05) is 7.05 Å². The lowest BCUT2D eigenvalue weighted by atomic mass is 10.3. The van der Waals surface area contributed by atoms with Gasteiger partial charge in [0.25, 0.3) is 0 Å². The molecule has 6 nitrogen and oxygen atoms in total. The highest BCUT2D eigenvalue weighted by Gasteiger charge is 1.93. The average molecular weight is 218 g/mol. The van der Waals surface area contributed by atoms with Gasteiger partial charge in [-0.3, -0.25) is 0 Å². The van der Waals surface area contributed by atoms with Crippen LogP contribution in [0.2, 0.25) is 0 Å². The number of unbranched alkanes of at least 4 members (excludes halogenated alkanes) is 1. The molecule has 15 heavy (non-hydrogen) atoms. The van der Waals surface area contributed by atoms with Crippen LogP contribution < -0.4 is 21.3 Å². The van der Waals surface area contributed by atoms with Crippen molar-refractivity contribution in [3.05, 3.63) is 0 Å². The van der Waals surface area contributed by atoms with Crippen LogP contribution in [0.3, 0.4) is 0 Å². The molecule has 1 amide bonds. The van der Waals surface area contributed by atoms with Crippen molar-refractivity contribution >= 4 is 6.09 Å². The SMILES string of the molecule is CNCNCCNCCCCNC(=O)O. The zero-order valence-electron chi connectivity index (χ0n) is 9.31. The highest BCUT2D eigenvalue weighted by molar-refractivity contribution is 5.64. The molecule has 0 aromatic rings. The lowest BCUT2D eigenvalue weighted by Gasteiger charge is -2.06. The van der Waals surface area contributed by atoms with Gasteiger partial charge in [0.05, 0.1) is 0 Å². The van der Waals surface area contributed by atoms with Crippen molar-refractivity contribution in [3.8, 4) is 0 Å². The Balaban J connectivity index is 2.89. The number of nitrogens with one attached hydrogen (secondary N) is 4. The highest BCUT2D eigenvalue weighted by atomic mass is 16.4. The summed E-state index contributed by atoms with van der Waals surface area (Å²) in [5.74, 6) is 0. The molecule has 0 fully saturated rings. The van der Waals surface area contributed by atoms with E-state index in [4.69, 9.17) is 5.11 Å². The molecule has 0 radical (unpaired) electrons. The number of carbonyl (C=O) groups is 1. The maximum Gasteiger partial charge on any atom is 0.404 e. The Morgan fingerprint density at radius 1 is 1.07 bits per heavy atom. The second-order valence-corrected chi connectivity index (χ2v) is 3.22. The Morgan fingerprint density at radius 3 is 2.40 bits per heavy atom. The summed E-state index contributed by atoms with van der Waals surface area (Å²) < 4.78 is 0. The summed E-state index contributed by atoms with van der Waals surface area (Å²) in [5.41, 5.74) is 0. The van der Waals surface area contributed by atoms with Crippen molar-refractivity contribution in [3.63, 3.8) is 0 Å². The van der Waals surface area contributed by atoms with E-state index in [2.05, 4.69) is 21.3 Å². The summed E-state index contributed by atoms with van der Waals surface area (Å²) in [6, 6.07) is 0. The van der Waals surface area contributed by atoms with Gasteiger partial charge in [0.1, 0.15) is 0 Å². The molecule has 0 aromatic carbocycles. The van der Waals surface area contributed by atoms with Crippen molar-refractivity contribution in [2.45, 2.75) is 12.8 Å². The lowest BCUT2D eigenvalue weighted by molar-refractivity contribution is 0.194. The van der Waals surface area contributed by atoms with Gasteiger partial charge in [-0.2, -0.15) is 0 Å². The average Bonchev–Trinajstić information content (AvgIpc) is 2.20. The van der Waals surface area contributed by atoms with Crippen LogP contribution in [-0.2, 0) is 0 Å². The molecule has 0 atom stereocenters. The monoisotopic (exact) mass is 218 g/mol. The Morgan fingerprint density at radius 2 is 1.73 bits per heavy atom. The van der Waals surface area contributed by atoms with E-state index in [1.165, 1.54) is 0 Å². The van der Waals surface area contributed by atoms with Crippen molar-refractivity contribution in [1.82, 2.24) is 21.3 Å². The van der Waals surface area contributed by atoms with E-state index >= 15 is 0 Å². The summed E-state index contributed by atoms with van der Waals surface area (Å²) in [4.78, 5) is 10.1. The number of hydrogen-bond acceptors (Lipinski definition) is 4. The van der Waals surface area contributed by atoms with Crippen molar-refractivity contribution in [2.24, 2.45) is 0 Å². The number of rotatable bonds is 10. The fraction of sp³-hybridized carbons (Fsp3) is 0.889. The predicted octanol–water partition coefficient (Wildman–Crippen LogP) is -0.610. The van der Waals surface area contributed by atoms with E-state index in [0.717, 1.165) is 39.1 Å². The molecule has 6 heteroatoms. The summed E-state index contributed by atoms with van der Waals surface area (Å²) in [6.45, 7) is 4.17. The second kappa shape index (κ2) is 11.2. The third-order valence-electron chi connectivity index (χ3n) is 1.84. The van der Waals surface area contributed by atoms with Gasteiger partial charge in [0.2, 0.25) is 0 Å². The van der Waals surface area contributed by atoms with Crippen molar-refractivity contribution < 1.29 is 9.90 Å². The Hall–Kier alpha value is -0.850. The van der Waals surface area contributed by atoms with Gasteiger partial charge in [-0.25, -0.2) is 4.79 Å². The van der Waals surface area contributed by atoms with Gasteiger partial charge in [0.15, 0.2) is 0 Å². The molecule has 0 aliphatic carbocycles. The van der Waals surface area contributed by atoms with E-state index in [-0.39, 0.29) is 0 Å². The highest BCUT2D eigenvalue weighted by Crippen LogP contribution is 1.83. The van der Waals surface area contributed by atoms with Crippen LogP contribution in [0.1, 0.15) is 12.8 Å². The number of amides is 1. The largest absolute Gasteiger partial charge is 0.465 e. The fourth-order valence-electron chi connectivity index (χ4n) is 1.09. The molecule has 0 heterocycles. The Kier molecular flexibility index (Phi) is 10.6. The minimum Gasteiger partial charge on any atom is -0.465 e. The van der Waals surface area contributed by atoms with Gasteiger partial charge in [-0.15, -0.1) is 0 Å². The van der Waals surface area contributed by atoms with Crippen LogP contribution in [0, 0.1) is 0 Å². The van der Waals surface area contributed by atoms with Gasteiger partial charge < -0.3 is 26.4 Å². The molecule has 0 bridgehead atoms. The minimum absolute atomic E-state index is 0.537. The first kappa shape index (κ1) is 14.2. The lowest BCUT2D eigenvalue weighted by Crippen LogP contribution is -2.33. The zero-order valence-corrected chi connectivity index (χ0v) is 9.31. The second-order valence-electron chi connectivity index (χ2n) is 3.22. The summed E-state index contributed by atoms with van der Waals surface area (Å²) in [5, 5.41) is 20.1. The van der Waals surface area contributed by atoms with E-state index in [9.17, 15) is 4.79 Å². The third kappa shape index (κ3) is 13.2. The normalized spacial score (nSPS) is 10.2. The molecule has 0 aromatic heterocycles. The van der Waals surface area contributed by atoms with Crippen LogP contribution in [0.4, 0.5) is 4.79 Å². The maximum absolute atomic E-state index is 10.1. The van der Waals surface area contributed by atoms with Crippen LogP contribution in [0.25, 0.3) is 0 Å². The minimum atomic E-state index is -0.945. The van der Waals surface area contributed by atoms with Gasteiger partial charge in [-0.05, 0) is 26.4 Å². The molecule has 0 saturated heterocycles. The van der Waals surface area contributed by atoms with Gasteiger partial charge in [0, 0.05) is 26.3 Å². The van der Waals surface area contributed by atoms with Gasteiger partial charge >= 0.3 is 6.09 Å². The topological polar surface area (TPSA) is 85.4 Å². The molecule has 0 saturated carbocycles. The van der Waals surface area contributed by atoms with Crippen LogP contribution in [0.5, 0.6) is 0 Å². The van der Waals surface area contributed by atoms with E-state index < -0.39 is 6.09 Å². The molecule has 0 aliphatic heterocycles. The quantitative estimate of drug-likeness (QED) is 0.249. The predicted molar refractivity (Wildman–Crippen MR) is 60.1 cm³/mol. The molecule has 0 rings (SSSR count). The third-order valence-corrected chi connectivity index (χ3v) is 1.84. The zero-order chi connectivity index (χ0) is 11.4. The van der Waals surface area contributed by atoms with Gasteiger partial charge in [-0.1, -0.05) is 0 Å². The summed E-state index contributed by atoms with van der Waals surface area (Å²) in [7, 11) is 1.90. The molecule has 90 valence electrons. The Bertz CT molecular complexity index is 155. The van der Waals surface area contributed by atoms with Crippen LogP contribution in [0.15, 0.2) is 0 Å². The molecule has 0 spiro atoms. The van der Waals surface area contributed by atoms with E-state index in [0.29, 0.717) is 6.54 Å². The van der Waals surface area contributed by atoms with E-state index in [1.54, 1.807) is 0 Å². The number of hydrogen-bond donors (Lipinski definition) is 5. The maximum atomic E-state index is 10.1. The van der Waals surface area contributed by atoms with Crippen molar-refractivity contribution in [1.29, 1.82) is 0 Å². The molecule has 0 aliphatic rings. The summed E-state index contributed by atoms with van der Waals surface area (Å²) in [6.07, 6.45) is 0.925. The first-order valence-corrected chi connectivity index (χ1v) is 5.30. The first-order valence-electron chi connectivity index (χ1n) is 5.30. The number of carboxylic acid groups (broad SMARTS) is 1. The fourth-order valence-corrected chi connectivity index (χ4v) is 1.09. The molecule has 5 N–H and O–H groups in total. The Labute approximate surface area is 90.8 Å². The molecular weight excluding hydrogens is 196 g/mol. The van der Waals surface area contributed by atoms with Crippen LogP contribution in [-0.4, -0.2) is 51.1 Å². The standard InChI is InChI=1S/C9H22N4O2/c1-10-8-12-7-6-11-4-2-3-5-13-9(14)15/h10-13H,2-8H2,1H3,(H,14,15). The summed E-state index contributed by atoms with van der Waals surface area (Å²) >= 11 is 0. The molecular formula is C9H22N4O2.